The van der Waals surface area contributed by atoms with Gasteiger partial charge in [0, 0.05) is 6.42 Å². The number of H-pyrrole nitrogens is 1. The largest absolute Gasteiger partial charge is 0.314 e. The molecule has 1 amide bonds. The zero-order valence-corrected chi connectivity index (χ0v) is 10.7. The predicted octanol–water partition coefficient (Wildman–Crippen LogP) is 1.62. The second-order valence-electron chi connectivity index (χ2n) is 4.06. The van der Waals surface area contributed by atoms with Gasteiger partial charge in [0.25, 0.3) is 0 Å². The van der Waals surface area contributed by atoms with Crippen LogP contribution in [0.3, 0.4) is 0 Å². The first kappa shape index (κ1) is 13.2. The summed E-state index contributed by atoms with van der Waals surface area (Å²) in [6.45, 7) is 2.34. The normalized spacial score (nSPS) is 10.4. The smallest absolute Gasteiger partial charge is 0.269 e. The van der Waals surface area contributed by atoms with Crippen molar-refractivity contribution >= 4 is 5.91 Å². The topological polar surface area (TPSA) is 79.9 Å². The van der Waals surface area contributed by atoms with Gasteiger partial charge in [0.15, 0.2) is 0 Å². The van der Waals surface area contributed by atoms with Crippen molar-refractivity contribution in [3.8, 4) is 0 Å². The predicted molar refractivity (Wildman–Crippen MR) is 69.1 cm³/mol. The number of aromatic amines is 1. The molecule has 0 aliphatic heterocycles. The molecule has 0 aliphatic rings. The summed E-state index contributed by atoms with van der Waals surface area (Å²) >= 11 is 0. The van der Waals surface area contributed by atoms with E-state index in [9.17, 15) is 4.79 Å². The number of aryl methyl sites for hydroxylation is 1. The van der Waals surface area contributed by atoms with Crippen LogP contribution in [0.5, 0.6) is 0 Å². The van der Waals surface area contributed by atoms with E-state index in [4.69, 9.17) is 4.84 Å². The van der Waals surface area contributed by atoms with Crippen molar-refractivity contribution in [3.05, 3.63) is 47.5 Å². The van der Waals surface area contributed by atoms with Crippen molar-refractivity contribution in [1.29, 1.82) is 0 Å². The number of nitrogens with zero attached hydrogens (tertiary/aromatic N) is 2. The Morgan fingerprint density at radius 2 is 2.16 bits per heavy atom. The van der Waals surface area contributed by atoms with Gasteiger partial charge >= 0.3 is 5.91 Å². The highest BCUT2D eigenvalue weighted by Crippen LogP contribution is 2.00. The summed E-state index contributed by atoms with van der Waals surface area (Å²) in [4.78, 5) is 20.8. The highest BCUT2D eigenvalue weighted by molar-refractivity contribution is 5.89. The third kappa shape index (κ3) is 3.89. The maximum atomic E-state index is 11.7. The quantitative estimate of drug-likeness (QED) is 0.773. The van der Waals surface area contributed by atoms with Gasteiger partial charge in [-0.15, -0.1) is 5.10 Å². The summed E-state index contributed by atoms with van der Waals surface area (Å²) in [6.07, 6.45) is 1.71. The average Bonchev–Trinajstić information content (AvgIpc) is 2.89. The lowest BCUT2D eigenvalue weighted by Crippen LogP contribution is -2.24. The molecular formula is C13H16N4O2. The van der Waals surface area contributed by atoms with Gasteiger partial charge in [-0.05, 0) is 12.0 Å². The highest BCUT2D eigenvalue weighted by atomic mass is 16.6. The van der Waals surface area contributed by atoms with Crippen LogP contribution in [0, 0.1) is 0 Å². The molecule has 0 radical (unpaired) electrons. The standard InChI is InChI=1S/C13H16N4O2/c1-2-6-11-14-12(16-15-11)13(18)17-19-9-10-7-4-3-5-8-10/h3-5,7-8H,2,6,9H2,1H3,(H,17,18)(H,14,15,16). The Morgan fingerprint density at radius 1 is 1.37 bits per heavy atom. The molecule has 0 saturated carbocycles. The minimum Gasteiger partial charge on any atom is -0.269 e. The second-order valence-corrected chi connectivity index (χ2v) is 4.06. The molecule has 0 saturated heterocycles. The Morgan fingerprint density at radius 3 is 2.89 bits per heavy atom. The Labute approximate surface area is 111 Å². The Hall–Kier alpha value is -2.21. The first-order chi connectivity index (χ1) is 9.29. The number of rotatable bonds is 6. The van der Waals surface area contributed by atoms with Crippen LogP contribution >= 0.6 is 0 Å². The fourth-order valence-corrected chi connectivity index (χ4v) is 1.55. The summed E-state index contributed by atoms with van der Waals surface area (Å²) in [6, 6.07) is 9.57. The molecule has 6 nitrogen and oxygen atoms in total. The maximum Gasteiger partial charge on any atom is 0.314 e. The summed E-state index contributed by atoms with van der Waals surface area (Å²) in [5, 5.41) is 6.55. The van der Waals surface area contributed by atoms with Gasteiger partial charge in [-0.3, -0.25) is 14.7 Å². The third-order valence-electron chi connectivity index (χ3n) is 2.47. The maximum absolute atomic E-state index is 11.7. The van der Waals surface area contributed by atoms with E-state index in [1.165, 1.54) is 0 Å². The van der Waals surface area contributed by atoms with Crippen molar-refractivity contribution < 1.29 is 9.63 Å². The van der Waals surface area contributed by atoms with Crippen LogP contribution in [0.25, 0.3) is 0 Å². The van der Waals surface area contributed by atoms with Gasteiger partial charge in [0.1, 0.15) is 5.82 Å². The molecular weight excluding hydrogens is 244 g/mol. The Balaban J connectivity index is 1.80. The zero-order valence-electron chi connectivity index (χ0n) is 10.7. The average molecular weight is 260 g/mol. The van der Waals surface area contributed by atoms with Gasteiger partial charge in [0.05, 0.1) is 6.61 Å². The summed E-state index contributed by atoms with van der Waals surface area (Å²) in [5.74, 6) is 0.349. The Kier molecular flexibility index (Phi) is 4.63. The van der Waals surface area contributed by atoms with E-state index in [2.05, 4.69) is 20.7 Å². The van der Waals surface area contributed by atoms with E-state index < -0.39 is 5.91 Å². The van der Waals surface area contributed by atoms with E-state index in [0.717, 1.165) is 18.4 Å². The lowest BCUT2D eigenvalue weighted by atomic mass is 10.2. The molecule has 0 unspecified atom stereocenters. The number of aromatic nitrogens is 3. The van der Waals surface area contributed by atoms with Crippen molar-refractivity contribution in [2.45, 2.75) is 26.4 Å². The van der Waals surface area contributed by atoms with Crippen LogP contribution in [0.15, 0.2) is 30.3 Å². The molecule has 2 rings (SSSR count). The summed E-state index contributed by atoms with van der Waals surface area (Å²) in [5.41, 5.74) is 3.30. The fraction of sp³-hybridized carbons (Fsp3) is 0.308. The van der Waals surface area contributed by atoms with E-state index in [0.29, 0.717) is 12.4 Å². The number of nitrogens with one attached hydrogen (secondary N) is 2. The van der Waals surface area contributed by atoms with Crippen LogP contribution in [0.1, 0.15) is 35.4 Å². The molecule has 100 valence electrons. The van der Waals surface area contributed by atoms with Crippen LogP contribution in [0.4, 0.5) is 0 Å². The van der Waals surface area contributed by atoms with Crippen molar-refractivity contribution in [2.75, 3.05) is 0 Å². The van der Waals surface area contributed by atoms with Crippen molar-refractivity contribution in [2.24, 2.45) is 0 Å². The van der Waals surface area contributed by atoms with Gasteiger partial charge in [-0.2, -0.15) is 0 Å². The highest BCUT2D eigenvalue weighted by Gasteiger charge is 2.11. The number of carbonyl (C=O) groups excluding carboxylic acids is 1. The number of hydroxylamine groups is 1. The van der Waals surface area contributed by atoms with E-state index >= 15 is 0 Å². The molecule has 0 atom stereocenters. The Bertz CT molecular complexity index is 524. The first-order valence-corrected chi connectivity index (χ1v) is 6.17. The monoisotopic (exact) mass is 260 g/mol. The molecule has 1 aromatic heterocycles. The molecule has 6 heteroatoms. The van der Waals surface area contributed by atoms with Gasteiger partial charge in [-0.25, -0.2) is 10.5 Å². The first-order valence-electron chi connectivity index (χ1n) is 6.17. The SMILES string of the molecule is CCCc1nc(C(=O)NOCc2ccccc2)n[nH]1. The lowest BCUT2D eigenvalue weighted by Gasteiger charge is -2.03. The molecule has 0 spiro atoms. The molecule has 2 aromatic rings. The minimum atomic E-state index is -0.450. The minimum absolute atomic E-state index is 0.0940. The number of carbonyl (C=O) groups is 1. The van der Waals surface area contributed by atoms with E-state index in [-0.39, 0.29) is 5.82 Å². The number of hydrogen-bond acceptors (Lipinski definition) is 4. The molecule has 1 heterocycles. The number of benzene rings is 1. The molecule has 0 aliphatic carbocycles. The van der Waals surface area contributed by atoms with Crippen LogP contribution < -0.4 is 5.48 Å². The van der Waals surface area contributed by atoms with Crippen LogP contribution in [-0.4, -0.2) is 21.1 Å². The van der Waals surface area contributed by atoms with E-state index in [1.807, 2.05) is 37.3 Å². The molecule has 2 N–H and O–H groups in total. The number of amides is 1. The zero-order chi connectivity index (χ0) is 13.5. The third-order valence-corrected chi connectivity index (χ3v) is 2.47. The number of hydrogen-bond donors (Lipinski definition) is 2. The van der Waals surface area contributed by atoms with Crippen molar-refractivity contribution in [1.82, 2.24) is 20.7 Å². The molecule has 0 bridgehead atoms. The van der Waals surface area contributed by atoms with Gasteiger partial charge < -0.3 is 0 Å². The molecule has 0 fully saturated rings. The fourth-order valence-electron chi connectivity index (χ4n) is 1.55. The molecule has 19 heavy (non-hydrogen) atoms. The van der Waals surface area contributed by atoms with E-state index in [1.54, 1.807) is 0 Å². The van der Waals surface area contributed by atoms with Gasteiger partial charge in [-0.1, -0.05) is 37.3 Å². The van der Waals surface area contributed by atoms with Crippen LogP contribution in [0.2, 0.25) is 0 Å². The van der Waals surface area contributed by atoms with Crippen molar-refractivity contribution in [3.63, 3.8) is 0 Å². The second kappa shape index (κ2) is 6.65. The summed E-state index contributed by atoms with van der Waals surface area (Å²) < 4.78 is 0. The lowest BCUT2D eigenvalue weighted by molar-refractivity contribution is 0.0225. The molecule has 1 aromatic carbocycles. The van der Waals surface area contributed by atoms with Gasteiger partial charge in [0.2, 0.25) is 5.82 Å². The summed E-state index contributed by atoms with van der Waals surface area (Å²) in [7, 11) is 0. The van der Waals surface area contributed by atoms with Crippen LogP contribution in [-0.2, 0) is 17.9 Å².